The summed E-state index contributed by atoms with van der Waals surface area (Å²) in [6, 6.07) is 18.2. The van der Waals surface area contributed by atoms with E-state index in [9.17, 15) is 0 Å². The topological polar surface area (TPSA) is 35.2 Å². The van der Waals surface area contributed by atoms with E-state index in [2.05, 4.69) is 46.9 Å². The molecule has 0 aliphatic heterocycles. The molecule has 94 valence electrons. The van der Waals surface area contributed by atoms with Gasteiger partial charge in [0.15, 0.2) is 0 Å². The Morgan fingerprint density at radius 3 is 2.33 bits per heavy atom. The number of hydrogen-bond donors (Lipinski definition) is 1. The van der Waals surface area contributed by atoms with Crippen LogP contribution in [0.1, 0.15) is 5.56 Å². The normalized spacial score (nSPS) is 12.1. The summed E-state index contributed by atoms with van der Waals surface area (Å²) in [5.41, 5.74) is 7.31. The summed E-state index contributed by atoms with van der Waals surface area (Å²) in [4.78, 5) is 0. The van der Waals surface area contributed by atoms with Crippen molar-refractivity contribution in [1.82, 2.24) is 0 Å². The van der Waals surface area contributed by atoms with Crippen LogP contribution < -0.4 is 10.5 Å². The average Bonchev–Trinajstić information content (AvgIpc) is 2.40. The lowest BCUT2D eigenvalue weighted by atomic mass is 10.1. The van der Waals surface area contributed by atoms with E-state index in [1.165, 1.54) is 9.13 Å². The molecule has 18 heavy (non-hydrogen) atoms. The smallest absolute Gasteiger partial charge is 0.119 e. The molecule has 1 atom stereocenters. The molecule has 2 rings (SSSR count). The minimum Gasteiger partial charge on any atom is -0.492 e. The molecular formula is C15H16INO. The van der Waals surface area contributed by atoms with Crippen LogP contribution in [-0.4, -0.2) is 12.6 Å². The third kappa shape index (κ3) is 4.31. The standard InChI is InChI=1S/C15H16INO/c16-13-8-6-12(7-9-13)10-14(17)11-18-15-4-2-1-3-5-15/h1-9,14H,10-11,17H2. The summed E-state index contributed by atoms with van der Waals surface area (Å²) in [7, 11) is 0. The Morgan fingerprint density at radius 2 is 1.67 bits per heavy atom. The molecule has 2 aromatic carbocycles. The Morgan fingerprint density at radius 1 is 1.00 bits per heavy atom. The fourth-order valence-corrected chi connectivity index (χ4v) is 2.06. The summed E-state index contributed by atoms with van der Waals surface area (Å²) in [6.07, 6.45) is 0.837. The first-order valence-corrected chi connectivity index (χ1v) is 7.00. The molecule has 0 bridgehead atoms. The van der Waals surface area contributed by atoms with Crippen molar-refractivity contribution in [3.8, 4) is 5.75 Å². The number of para-hydroxylation sites is 1. The van der Waals surface area contributed by atoms with Gasteiger partial charge in [-0.1, -0.05) is 30.3 Å². The summed E-state index contributed by atoms with van der Waals surface area (Å²) in [5.74, 6) is 0.871. The van der Waals surface area contributed by atoms with Crippen LogP contribution in [0.15, 0.2) is 54.6 Å². The predicted molar refractivity (Wildman–Crippen MR) is 82.8 cm³/mol. The molecule has 2 aromatic rings. The van der Waals surface area contributed by atoms with Crippen LogP contribution >= 0.6 is 22.6 Å². The van der Waals surface area contributed by atoms with Crippen LogP contribution in [0.25, 0.3) is 0 Å². The van der Waals surface area contributed by atoms with E-state index in [0.29, 0.717) is 6.61 Å². The molecule has 0 saturated heterocycles. The van der Waals surface area contributed by atoms with Gasteiger partial charge < -0.3 is 10.5 Å². The fourth-order valence-electron chi connectivity index (χ4n) is 1.70. The molecule has 0 aliphatic rings. The highest BCUT2D eigenvalue weighted by Gasteiger charge is 2.05. The van der Waals surface area contributed by atoms with Gasteiger partial charge in [-0.2, -0.15) is 0 Å². The van der Waals surface area contributed by atoms with Crippen molar-refractivity contribution in [3.05, 3.63) is 63.7 Å². The zero-order valence-corrected chi connectivity index (χ0v) is 12.2. The highest BCUT2D eigenvalue weighted by atomic mass is 127. The third-order valence-corrected chi connectivity index (χ3v) is 3.34. The van der Waals surface area contributed by atoms with E-state index in [1.807, 2.05) is 30.3 Å². The summed E-state index contributed by atoms with van der Waals surface area (Å²) >= 11 is 2.30. The van der Waals surface area contributed by atoms with E-state index < -0.39 is 0 Å². The molecule has 0 spiro atoms. The lowest BCUT2D eigenvalue weighted by Gasteiger charge is -2.13. The van der Waals surface area contributed by atoms with Gasteiger partial charge in [-0.3, -0.25) is 0 Å². The van der Waals surface area contributed by atoms with E-state index in [-0.39, 0.29) is 6.04 Å². The van der Waals surface area contributed by atoms with Gasteiger partial charge in [0.25, 0.3) is 0 Å². The molecule has 0 saturated carbocycles. The predicted octanol–water partition coefficient (Wildman–Crippen LogP) is 3.24. The zero-order valence-electron chi connectivity index (χ0n) is 10.1. The Bertz CT molecular complexity index is 470. The molecule has 2 nitrogen and oxygen atoms in total. The van der Waals surface area contributed by atoms with E-state index >= 15 is 0 Å². The molecule has 2 N–H and O–H groups in total. The minimum atomic E-state index is 0.0188. The summed E-state index contributed by atoms with van der Waals surface area (Å²) in [5, 5.41) is 0. The zero-order chi connectivity index (χ0) is 12.8. The van der Waals surface area contributed by atoms with Gasteiger partial charge in [-0.25, -0.2) is 0 Å². The Labute approximate surface area is 121 Å². The molecule has 0 heterocycles. The van der Waals surface area contributed by atoms with Crippen LogP contribution in [0, 0.1) is 3.57 Å². The van der Waals surface area contributed by atoms with Crippen LogP contribution in [0.3, 0.4) is 0 Å². The van der Waals surface area contributed by atoms with Gasteiger partial charge in [0, 0.05) is 9.61 Å². The number of benzene rings is 2. The van der Waals surface area contributed by atoms with Crippen molar-refractivity contribution in [2.45, 2.75) is 12.5 Å². The lowest BCUT2D eigenvalue weighted by Crippen LogP contribution is -2.30. The van der Waals surface area contributed by atoms with Crippen molar-refractivity contribution < 1.29 is 4.74 Å². The fraction of sp³-hybridized carbons (Fsp3) is 0.200. The molecule has 1 unspecified atom stereocenters. The minimum absolute atomic E-state index is 0.0188. The van der Waals surface area contributed by atoms with Crippen LogP contribution in [0.4, 0.5) is 0 Å². The number of halogens is 1. The van der Waals surface area contributed by atoms with Crippen molar-refractivity contribution in [1.29, 1.82) is 0 Å². The molecule has 0 aromatic heterocycles. The molecular weight excluding hydrogens is 337 g/mol. The Balaban J connectivity index is 1.82. The van der Waals surface area contributed by atoms with Crippen molar-refractivity contribution in [2.75, 3.05) is 6.61 Å². The molecule has 0 fully saturated rings. The molecule has 3 heteroatoms. The second kappa shape index (κ2) is 6.75. The Hall–Kier alpha value is -1.07. The highest BCUT2D eigenvalue weighted by Crippen LogP contribution is 2.11. The molecule has 0 aliphatic carbocycles. The lowest BCUT2D eigenvalue weighted by molar-refractivity contribution is 0.287. The number of rotatable bonds is 5. The van der Waals surface area contributed by atoms with Crippen molar-refractivity contribution >= 4 is 22.6 Å². The second-order valence-corrected chi connectivity index (χ2v) is 5.46. The van der Waals surface area contributed by atoms with Crippen LogP contribution in [0.2, 0.25) is 0 Å². The van der Waals surface area contributed by atoms with Gasteiger partial charge in [-0.05, 0) is 58.8 Å². The number of ether oxygens (including phenoxy) is 1. The maximum atomic E-state index is 6.06. The van der Waals surface area contributed by atoms with E-state index in [1.54, 1.807) is 0 Å². The number of nitrogens with two attached hydrogens (primary N) is 1. The quantitative estimate of drug-likeness (QED) is 0.838. The summed E-state index contributed by atoms with van der Waals surface area (Å²) in [6.45, 7) is 0.538. The van der Waals surface area contributed by atoms with Crippen LogP contribution in [-0.2, 0) is 6.42 Å². The molecule has 0 radical (unpaired) electrons. The summed E-state index contributed by atoms with van der Waals surface area (Å²) < 4.78 is 6.88. The van der Waals surface area contributed by atoms with Crippen LogP contribution in [0.5, 0.6) is 5.75 Å². The first kappa shape index (κ1) is 13.4. The third-order valence-electron chi connectivity index (χ3n) is 2.62. The second-order valence-electron chi connectivity index (χ2n) is 4.21. The van der Waals surface area contributed by atoms with Crippen molar-refractivity contribution in [3.63, 3.8) is 0 Å². The first-order valence-electron chi connectivity index (χ1n) is 5.92. The van der Waals surface area contributed by atoms with Crippen molar-refractivity contribution in [2.24, 2.45) is 5.73 Å². The monoisotopic (exact) mass is 353 g/mol. The number of hydrogen-bond acceptors (Lipinski definition) is 2. The highest BCUT2D eigenvalue weighted by molar-refractivity contribution is 14.1. The van der Waals surface area contributed by atoms with Gasteiger partial charge >= 0.3 is 0 Å². The van der Waals surface area contributed by atoms with Gasteiger partial charge in [0.2, 0.25) is 0 Å². The SMILES string of the molecule is NC(COc1ccccc1)Cc1ccc(I)cc1. The maximum absolute atomic E-state index is 6.06. The largest absolute Gasteiger partial charge is 0.492 e. The Kier molecular flexibility index (Phi) is 5.01. The van der Waals surface area contributed by atoms with Gasteiger partial charge in [0.05, 0.1) is 0 Å². The average molecular weight is 353 g/mol. The molecule has 0 amide bonds. The van der Waals surface area contributed by atoms with Gasteiger partial charge in [0.1, 0.15) is 12.4 Å². The van der Waals surface area contributed by atoms with E-state index in [0.717, 1.165) is 12.2 Å². The first-order chi connectivity index (χ1) is 8.74. The maximum Gasteiger partial charge on any atom is 0.119 e. The van der Waals surface area contributed by atoms with E-state index in [4.69, 9.17) is 10.5 Å². The van der Waals surface area contributed by atoms with Gasteiger partial charge in [-0.15, -0.1) is 0 Å².